The Kier molecular flexibility index (Phi) is 7.88. The van der Waals surface area contributed by atoms with E-state index in [0.717, 1.165) is 22.8 Å². The average molecular weight is 453 g/mol. The zero-order valence-electron chi connectivity index (χ0n) is 17.0. The maximum absolute atomic E-state index is 14.3. The highest BCUT2D eigenvalue weighted by atomic mass is 35.5. The van der Waals surface area contributed by atoms with Gasteiger partial charge in [-0.25, -0.2) is 13.2 Å². The van der Waals surface area contributed by atoms with Crippen molar-refractivity contribution in [1.82, 2.24) is 4.57 Å². The summed E-state index contributed by atoms with van der Waals surface area (Å²) in [7, 11) is 0. The second-order valence-electron chi connectivity index (χ2n) is 6.16. The van der Waals surface area contributed by atoms with Crippen molar-refractivity contribution in [3.05, 3.63) is 92.1 Å². The van der Waals surface area contributed by atoms with Crippen molar-refractivity contribution in [3.8, 4) is 11.4 Å². The van der Waals surface area contributed by atoms with Crippen molar-refractivity contribution < 1.29 is 22.7 Å². The minimum Gasteiger partial charge on any atom is -0.487 e. The summed E-state index contributed by atoms with van der Waals surface area (Å²) in [5.41, 5.74) is 4.51. The molecular weight excluding hydrogens is 433 g/mol. The van der Waals surface area contributed by atoms with Crippen molar-refractivity contribution in [2.24, 2.45) is 5.73 Å². The lowest BCUT2D eigenvalue weighted by Crippen LogP contribution is -2.23. The molecule has 1 heterocycles. The number of primary amides is 1. The van der Waals surface area contributed by atoms with Crippen LogP contribution in [-0.2, 0) is 6.61 Å². The van der Waals surface area contributed by atoms with Gasteiger partial charge in [0, 0.05) is 29.0 Å². The number of nitrogens with two attached hydrogens (primary N) is 1. The van der Waals surface area contributed by atoms with Crippen LogP contribution in [0.2, 0.25) is 5.02 Å². The van der Waals surface area contributed by atoms with Gasteiger partial charge in [0.2, 0.25) is 5.91 Å². The summed E-state index contributed by atoms with van der Waals surface area (Å²) in [4.78, 5) is 24.1. The normalized spacial score (nSPS) is 10.3. The number of rotatable bonds is 5. The van der Waals surface area contributed by atoms with Crippen LogP contribution in [0.3, 0.4) is 0 Å². The minimum absolute atomic E-state index is 0.0101. The van der Waals surface area contributed by atoms with E-state index in [-0.39, 0.29) is 39.9 Å². The van der Waals surface area contributed by atoms with Crippen LogP contribution < -0.4 is 16.0 Å². The summed E-state index contributed by atoms with van der Waals surface area (Å²) in [5, 5.41) is -0.373. The molecule has 0 saturated heterocycles. The first kappa shape index (κ1) is 24.0. The Hall–Kier alpha value is -3.26. The highest BCUT2D eigenvalue weighted by Crippen LogP contribution is 2.26. The highest BCUT2D eigenvalue weighted by molar-refractivity contribution is 6.31. The predicted octanol–water partition coefficient (Wildman–Crippen LogP) is 4.92. The number of hydrogen-bond donors (Lipinski definition) is 1. The fraction of sp³-hybridized carbons (Fsp3) is 0.182. The Bertz CT molecular complexity index is 1180. The lowest BCUT2D eigenvalue weighted by Gasteiger charge is -2.15. The van der Waals surface area contributed by atoms with Crippen LogP contribution in [0.4, 0.5) is 13.2 Å². The van der Waals surface area contributed by atoms with E-state index in [1.54, 1.807) is 0 Å². The summed E-state index contributed by atoms with van der Waals surface area (Å²) in [5.74, 6) is -3.15. The first-order chi connectivity index (χ1) is 14.7. The molecular formula is C22H20ClF3N2O3. The highest BCUT2D eigenvalue weighted by Gasteiger charge is 2.18. The zero-order valence-corrected chi connectivity index (χ0v) is 17.8. The Morgan fingerprint density at radius 3 is 2.35 bits per heavy atom. The number of amides is 1. The number of pyridine rings is 1. The third-order valence-corrected chi connectivity index (χ3v) is 4.52. The van der Waals surface area contributed by atoms with Crippen LogP contribution in [0.5, 0.6) is 5.75 Å². The fourth-order valence-electron chi connectivity index (χ4n) is 2.72. The third-order valence-electron chi connectivity index (χ3n) is 4.17. The molecule has 0 aliphatic rings. The number of carbonyl (C=O) groups is 1. The summed E-state index contributed by atoms with van der Waals surface area (Å²) in [6.07, 6.45) is 0. The summed E-state index contributed by atoms with van der Waals surface area (Å²) >= 11 is 6.08. The van der Waals surface area contributed by atoms with Gasteiger partial charge in [-0.05, 0) is 37.3 Å². The van der Waals surface area contributed by atoms with Gasteiger partial charge in [-0.2, -0.15) is 0 Å². The number of aryl methyl sites for hydroxylation is 1. The van der Waals surface area contributed by atoms with Gasteiger partial charge in [-0.1, -0.05) is 25.4 Å². The monoisotopic (exact) mass is 452 g/mol. The van der Waals surface area contributed by atoms with E-state index in [1.165, 1.54) is 25.1 Å². The van der Waals surface area contributed by atoms with Gasteiger partial charge in [0.1, 0.15) is 34.8 Å². The summed E-state index contributed by atoms with van der Waals surface area (Å²) in [6.45, 7) is 5.19. The molecule has 0 unspecified atom stereocenters. The number of nitrogens with zero attached hydrogens (tertiary/aromatic N) is 1. The van der Waals surface area contributed by atoms with Crippen molar-refractivity contribution in [3.63, 3.8) is 0 Å². The molecule has 2 N–H and O–H groups in total. The van der Waals surface area contributed by atoms with Crippen LogP contribution in [-0.4, -0.2) is 10.5 Å². The molecule has 3 rings (SSSR count). The molecule has 0 atom stereocenters. The molecule has 9 heteroatoms. The Morgan fingerprint density at radius 1 is 1.06 bits per heavy atom. The first-order valence-electron chi connectivity index (χ1n) is 9.27. The van der Waals surface area contributed by atoms with Gasteiger partial charge in [0.05, 0.1) is 5.69 Å². The topological polar surface area (TPSA) is 74.3 Å². The number of hydrogen-bond acceptors (Lipinski definition) is 3. The van der Waals surface area contributed by atoms with Gasteiger partial charge in [-0.15, -0.1) is 0 Å². The largest absolute Gasteiger partial charge is 0.487 e. The van der Waals surface area contributed by atoms with Crippen LogP contribution >= 0.6 is 11.6 Å². The lowest BCUT2D eigenvalue weighted by molar-refractivity contribution is 0.1000. The van der Waals surface area contributed by atoms with E-state index in [0.29, 0.717) is 6.07 Å². The van der Waals surface area contributed by atoms with E-state index in [9.17, 15) is 22.8 Å². The minimum atomic E-state index is -0.809. The lowest BCUT2D eigenvalue weighted by atomic mass is 10.1. The molecule has 0 bridgehead atoms. The van der Waals surface area contributed by atoms with E-state index in [2.05, 4.69) is 0 Å². The number of halogens is 4. The molecule has 0 fully saturated rings. The molecule has 31 heavy (non-hydrogen) atoms. The van der Waals surface area contributed by atoms with E-state index in [4.69, 9.17) is 22.1 Å². The number of carbonyl (C=O) groups excluding carboxylic acids is 1. The fourth-order valence-corrected chi connectivity index (χ4v) is 2.91. The Morgan fingerprint density at radius 2 is 1.74 bits per heavy atom. The quantitative estimate of drug-likeness (QED) is 0.597. The van der Waals surface area contributed by atoms with Crippen LogP contribution in [0.25, 0.3) is 5.69 Å². The molecule has 0 aliphatic heterocycles. The molecule has 3 aromatic rings. The zero-order chi connectivity index (χ0) is 23.3. The first-order valence-corrected chi connectivity index (χ1v) is 9.65. The van der Waals surface area contributed by atoms with E-state index < -0.39 is 28.9 Å². The van der Waals surface area contributed by atoms with Gasteiger partial charge in [0.25, 0.3) is 5.56 Å². The van der Waals surface area contributed by atoms with Gasteiger partial charge in [-0.3, -0.25) is 14.2 Å². The molecule has 0 spiro atoms. The molecule has 0 radical (unpaired) electrons. The van der Waals surface area contributed by atoms with Crippen molar-refractivity contribution >= 4 is 17.5 Å². The van der Waals surface area contributed by atoms with Gasteiger partial charge >= 0.3 is 0 Å². The van der Waals surface area contributed by atoms with Crippen LogP contribution in [0.15, 0.2) is 47.3 Å². The van der Waals surface area contributed by atoms with Crippen LogP contribution in [0, 0.1) is 24.4 Å². The molecule has 1 amide bonds. The molecule has 0 aliphatic carbocycles. The van der Waals surface area contributed by atoms with Crippen molar-refractivity contribution in [2.75, 3.05) is 0 Å². The smallest absolute Gasteiger partial charge is 0.277 e. The molecule has 5 nitrogen and oxygen atoms in total. The second kappa shape index (κ2) is 10.2. The summed E-state index contributed by atoms with van der Waals surface area (Å²) in [6, 6.07) is 7.68. The standard InChI is InChI=1S/C20H14ClF3N2O3.C2H6/c1-10-6-17(29-9-12-2-4-13(22)8-15(12)24)18(21)20(28)26(10)16-7-11(19(25)27)3-5-14(16)23;1-2/h2-8H,9H2,1H3,(H2,25,27);1-2H3. The maximum atomic E-state index is 14.3. The second-order valence-corrected chi connectivity index (χ2v) is 6.54. The van der Waals surface area contributed by atoms with Gasteiger partial charge < -0.3 is 10.5 Å². The number of benzene rings is 2. The molecule has 2 aromatic carbocycles. The Balaban J connectivity index is 0.00000166. The summed E-state index contributed by atoms with van der Waals surface area (Å²) < 4.78 is 47.4. The van der Waals surface area contributed by atoms with Crippen molar-refractivity contribution in [2.45, 2.75) is 27.4 Å². The SMILES string of the molecule is CC.Cc1cc(OCc2ccc(F)cc2F)c(Cl)c(=O)n1-c1cc(C(N)=O)ccc1F. The third kappa shape index (κ3) is 5.27. The van der Waals surface area contributed by atoms with Gasteiger partial charge in [0.15, 0.2) is 0 Å². The maximum Gasteiger partial charge on any atom is 0.277 e. The van der Waals surface area contributed by atoms with E-state index in [1.807, 2.05) is 13.8 Å². The van der Waals surface area contributed by atoms with E-state index >= 15 is 0 Å². The van der Waals surface area contributed by atoms with Crippen molar-refractivity contribution in [1.29, 1.82) is 0 Å². The number of aromatic nitrogens is 1. The average Bonchev–Trinajstić information content (AvgIpc) is 2.73. The number of ether oxygens (including phenoxy) is 1. The Labute approximate surface area is 181 Å². The molecule has 164 valence electrons. The predicted molar refractivity (Wildman–Crippen MR) is 112 cm³/mol. The molecule has 0 saturated carbocycles. The molecule has 1 aromatic heterocycles. The van der Waals surface area contributed by atoms with Crippen LogP contribution in [0.1, 0.15) is 35.5 Å².